The predicted octanol–water partition coefficient (Wildman–Crippen LogP) is 3.06. The van der Waals surface area contributed by atoms with Crippen molar-refractivity contribution < 1.29 is 9.47 Å². The number of hydrogen-bond acceptors (Lipinski definition) is 3. The van der Waals surface area contributed by atoms with Gasteiger partial charge in [0.05, 0.1) is 13.7 Å². The summed E-state index contributed by atoms with van der Waals surface area (Å²) < 4.78 is 10.9. The van der Waals surface area contributed by atoms with Gasteiger partial charge in [-0.3, -0.25) is 0 Å². The van der Waals surface area contributed by atoms with Crippen LogP contribution in [0.25, 0.3) is 0 Å². The Bertz CT molecular complexity index is 386. The maximum absolute atomic E-state index is 5.82. The molecule has 2 N–H and O–H groups in total. The zero-order valence-electron chi connectivity index (χ0n) is 10.8. The van der Waals surface area contributed by atoms with Crippen LogP contribution in [-0.4, -0.2) is 13.7 Å². The second kappa shape index (κ2) is 6.30. The average molecular weight is 235 g/mol. The van der Waals surface area contributed by atoms with E-state index in [2.05, 4.69) is 6.58 Å². The van der Waals surface area contributed by atoms with Crippen molar-refractivity contribution in [1.82, 2.24) is 0 Å². The fourth-order valence-corrected chi connectivity index (χ4v) is 1.42. The molecule has 0 fully saturated rings. The first-order valence-electron chi connectivity index (χ1n) is 5.75. The maximum atomic E-state index is 5.82. The van der Waals surface area contributed by atoms with Crippen LogP contribution in [0.5, 0.6) is 11.5 Å². The molecule has 0 bridgehead atoms. The third-order valence-corrected chi connectivity index (χ3v) is 2.50. The Morgan fingerprint density at radius 1 is 1.41 bits per heavy atom. The van der Waals surface area contributed by atoms with Gasteiger partial charge in [-0.15, -0.1) is 6.58 Å². The van der Waals surface area contributed by atoms with Crippen molar-refractivity contribution in [1.29, 1.82) is 0 Å². The molecule has 0 spiro atoms. The number of hydrogen-bond donors (Lipinski definition) is 1. The highest BCUT2D eigenvalue weighted by Crippen LogP contribution is 2.29. The molecule has 1 aromatic rings. The molecule has 17 heavy (non-hydrogen) atoms. The van der Waals surface area contributed by atoms with Gasteiger partial charge in [0, 0.05) is 12.5 Å². The van der Waals surface area contributed by atoms with E-state index in [4.69, 9.17) is 15.2 Å². The molecular formula is C14H21NO2. The van der Waals surface area contributed by atoms with E-state index in [-0.39, 0.29) is 6.04 Å². The Balaban J connectivity index is 2.74. The molecular weight excluding hydrogens is 214 g/mol. The van der Waals surface area contributed by atoms with Gasteiger partial charge in [0.1, 0.15) is 0 Å². The van der Waals surface area contributed by atoms with Gasteiger partial charge in [0.2, 0.25) is 0 Å². The van der Waals surface area contributed by atoms with Gasteiger partial charge >= 0.3 is 0 Å². The quantitative estimate of drug-likeness (QED) is 0.771. The van der Waals surface area contributed by atoms with Crippen LogP contribution >= 0.6 is 0 Å². The molecule has 0 radical (unpaired) electrons. The highest BCUT2D eigenvalue weighted by Gasteiger charge is 2.07. The summed E-state index contributed by atoms with van der Waals surface area (Å²) in [6, 6.07) is 5.77. The van der Waals surface area contributed by atoms with E-state index in [0.29, 0.717) is 6.61 Å². The van der Waals surface area contributed by atoms with Crippen molar-refractivity contribution in [2.45, 2.75) is 26.3 Å². The maximum Gasteiger partial charge on any atom is 0.161 e. The van der Waals surface area contributed by atoms with Crippen LogP contribution < -0.4 is 15.2 Å². The molecule has 0 aliphatic heterocycles. The molecule has 3 nitrogen and oxygen atoms in total. The van der Waals surface area contributed by atoms with Crippen molar-refractivity contribution in [3.8, 4) is 11.5 Å². The Morgan fingerprint density at radius 3 is 2.65 bits per heavy atom. The van der Waals surface area contributed by atoms with Crippen LogP contribution in [-0.2, 0) is 0 Å². The SMILES string of the molecule is C=C(C)CCOc1ccc([C@H](C)N)cc1OC. The van der Waals surface area contributed by atoms with Crippen LogP contribution in [0.3, 0.4) is 0 Å². The highest BCUT2D eigenvalue weighted by molar-refractivity contribution is 5.43. The molecule has 1 aromatic carbocycles. The van der Waals surface area contributed by atoms with Crippen molar-refractivity contribution in [3.63, 3.8) is 0 Å². The van der Waals surface area contributed by atoms with E-state index in [1.54, 1.807) is 7.11 Å². The summed E-state index contributed by atoms with van der Waals surface area (Å²) >= 11 is 0. The molecule has 94 valence electrons. The molecule has 0 saturated heterocycles. The first-order valence-corrected chi connectivity index (χ1v) is 5.75. The minimum Gasteiger partial charge on any atom is -0.493 e. The molecule has 0 unspecified atom stereocenters. The lowest BCUT2D eigenvalue weighted by molar-refractivity contribution is 0.297. The van der Waals surface area contributed by atoms with Crippen LogP contribution in [0.4, 0.5) is 0 Å². The van der Waals surface area contributed by atoms with E-state index >= 15 is 0 Å². The Hall–Kier alpha value is -1.48. The van der Waals surface area contributed by atoms with E-state index in [9.17, 15) is 0 Å². The van der Waals surface area contributed by atoms with Gasteiger partial charge in [0.15, 0.2) is 11.5 Å². The Morgan fingerprint density at radius 2 is 2.12 bits per heavy atom. The van der Waals surface area contributed by atoms with Gasteiger partial charge in [-0.2, -0.15) is 0 Å². The monoisotopic (exact) mass is 235 g/mol. The third kappa shape index (κ3) is 4.11. The van der Waals surface area contributed by atoms with E-state index in [1.807, 2.05) is 32.0 Å². The van der Waals surface area contributed by atoms with Crippen LogP contribution in [0.15, 0.2) is 30.4 Å². The summed E-state index contributed by atoms with van der Waals surface area (Å²) in [4.78, 5) is 0. The number of ether oxygens (including phenoxy) is 2. The van der Waals surface area contributed by atoms with Crippen LogP contribution in [0.2, 0.25) is 0 Å². The van der Waals surface area contributed by atoms with Crippen LogP contribution in [0, 0.1) is 0 Å². The standard InChI is InChI=1S/C14H21NO2/c1-10(2)7-8-17-13-6-5-12(11(3)15)9-14(13)16-4/h5-6,9,11H,1,7-8,15H2,2-4H3/t11-/m0/s1. The molecule has 3 heteroatoms. The van der Waals surface area contributed by atoms with Crippen molar-refractivity contribution in [2.75, 3.05) is 13.7 Å². The topological polar surface area (TPSA) is 44.5 Å². The van der Waals surface area contributed by atoms with E-state index in [0.717, 1.165) is 29.1 Å². The highest BCUT2D eigenvalue weighted by atomic mass is 16.5. The van der Waals surface area contributed by atoms with Crippen molar-refractivity contribution in [2.24, 2.45) is 5.73 Å². The van der Waals surface area contributed by atoms with Crippen molar-refractivity contribution in [3.05, 3.63) is 35.9 Å². The van der Waals surface area contributed by atoms with E-state index in [1.165, 1.54) is 0 Å². The minimum absolute atomic E-state index is 0.00614. The lowest BCUT2D eigenvalue weighted by Crippen LogP contribution is -2.06. The summed E-state index contributed by atoms with van der Waals surface area (Å²) in [5, 5.41) is 0. The first-order chi connectivity index (χ1) is 8.04. The zero-order chi connectivity index (χ0) is 12.8. The second-order valence-electron chi connectivity index (χ2n) is 4.25. The van der Waals surface area contributed by atoms with Gasteiger partial charge in [-0.1, -0.05) is 11.6 Å². The molecule has 1 atom stereocenters. The minimum atomic E-state index is -0.00614. The Kier molecular flexibility index (Phi) is 5.04. The molecule has 0 aliphatic rings. The predicted molar refractivity (Wildman–Crippen MR) is 70.5 cm³/mol. The van der Waals surface area contributed by atoms with Gasteiger partial charge < -0.3 is 15.2 Å². The first kappa shape index (κ1) is 13.6. The second-order valence-corrected chi connectivity index (χ2v) is 4.25. The lowest BCUT2D eigenvalue weighted by atomic mass is 10.1. The number of nitrogens with two attached hydrogens (primary N) is 1. The normalized spacial score (nSPS) is 12.0. The molecule has 0 saturated carbocycles. The molecule has 1 rings (SSSR count). The summed E-state index contributed by atoms with van der Waals surface area (Å²) in [6.07, 6.45) is 0.845. The zero-order valence-corrected chi connectivity index (χ0v) is 10.8. The number of benzene rings is 1. The smallest absolute Gasteiger partial charge is 0.161 e. The van der Waals surface area contributed by atoms with Crippen LogP contribution in [0.1, 0.15) is 31.9 Å². The fourth-order valence-electron chi connectivity index (χ4n) is 1.42. The van der Waals surface area contributed by atoms with Gasteiger partial charge in [-0.05, 0) is 31.5 Å². The van der Waals surface area contributed by atoms with E-state index < -0.39 is 0 Å². The number of rotatable bonds is 6. The molecule has 0 aromatic heterocycles. The average Bonchev–Trinajstić information content (AvgIpc) is 2.28. The number of methoxy groups -OCH3 is 1. The Labute approximate surface area is 103 Å². The third-order valence-electron chi connectivity index (χ3n) is 2.50. The summed E-state index contributed by atoms with van der Waals surface area (Å²) in [6.45, 7) is 8.38. The van der Waals surface area contributed by atoms with Gasteiger partial charge in [-0.25, -0.2) is 0 Å². The fraction of sp³-hybridized carbons (Fsp3) is 0.429. The molecule has 0 heterocycles. The summed E-state index contributed by atoms with van der Waals surface area (Å²) in [7, 11) is 1.63. The molecule has 0 amide bonds. The van der Waals surface area contributed by atoms with Crippen molar-refractivity contribution >= 4 is 0 Å². The van der Waals surface area contributed by atoms with Gasteiger partial charge in [0.25, 0.3) is 0 Å². The lowest BCUT2D eigenvalue weighted by Gasteiger charge is -2.13. The molecule has 0 aliphatic carbocycles. The summed E-state index contributed by atoms with van der Waals surface area (Å²) in [5.74, 6) is 1.47. The summed E-state index contributed by atoms with van der Waals surface area (Å²) in [5.41, 5.74) is 7.96. The largest absolute Gasteiger partial charge is 0.493 e.